The second-order valence-electron chi connectivity index (χ2n) is 6.54. The van der Waals surface area contributed by atoms with Gasteiger partial charge in [0.05, 0.1) is 0 Å². The number of allylic oxidation sites excluding steroid dienone is 1. The second-order valence-corrected chi connectivity index (χ2v) is 6.54. The molecule has 20 heavy (non-hydrogen) atoms. The average molecular weight is 272 g/mol. The molecule has 0 aliphatic carbocycles. The molecule has 1 heteroatoms. The largest absolute Gasteiger partial charge is 0.494 e. The predicted octanol–water partition coefficient (Wildman–Crippen LogP) is 5.36. The first-order valence-corrected chi connectivity index (χ1v) is 7.89. The van der Waals surface area contributed by atoms with Gasteiger partial charge in [0.1, 0.15) is 11.9 Å². The van der Waals surface area contributed by atoms with Crippen LogP contribution in [0, 0.1) is 31.6 Å². The van der Waals surface area contributed by atoms with E-state index in [4.69, 9.17) is 4.74 Å². The van der Waals surface area contributed by atoms with E-state index in [2.05, 4.69) is 65.8 Å². The normalized spacial score (nSPS) is 32.2. The van der Waals surface area contributed by atoms with Gasteiger partial charge in [0, 0.05) is 5.92 Å². The Morgan fingerprint density at radius 2 is 1.60 bits per heavy atom. The van der Waals surface area contributed by atoms with Crippen LogP contribution in [0.3, 0.4) is 0 Å². The lowest BCUT2D eigenvalue weighted by Gasteiger charge is -2.40. The molecule has 2 rings (SSSR count). The number of rotatable bonds is 2. The maximum atomic E-state index is 6.28. The van der Waals surface area contributed by atoms with Crippen molar-refractivity contribution < 1.29 is 4.74 Å². The summed E-state index contributed by atoms with van der Waals surface area (Å²) in [5.41, 5.74) is 3.89. The number of benzene rings is 1. The lowest BCUT2D eigenvalue weighted by Crippen LogP contribution is -2.36. The molecular formula is C19H28O. The first-order chi connectivity index (χ1) is 9.42. The average Bonchev–Trinajstić information content (AvgIpc) is 2.38. The topological polar surface area (TPSA) is 9.23 Å². The van der Waals surface area contributed by atoms with Gasteiger partial charge in [-0.3, -0.25) is 0 Å². The van der Waals surface area contributed by atoms with Crippen LogP contribution in [-0.4, -0.2) is 6.10 Å². The molecule has 4 atom stereocenters. The minimum Gasteiger partial charge on any atom is -0.494 e. The van der Waals surface area contributed by atoms with Crippen LogP contribution in [0.25, 0.3) is 6.08 Å². The fourth-order valence-electron chi connectivity index (χ4n) is 3.32. The predicted molar refractivity (Wildman–Crippen MR) is 86.5 cm³/mol. The van der Waals surface area contributed by atoms with Crippen molar-refractivity contribution in [3.8, 4) is 0 Å². The number of ether oxygens (including phenoxy) is 1. The van der Waals surface area contributed by atoms with E-state index in [-0.39, 0.29) is 0 Å². The third kappa shape index (κ3) is 3.08. The smallest absolute Gasteiger partial charge is 0.101 e. The summed E-state index contributed by atoms with van der Waals surface area (Å²) in [6.45, 7) is 13.5. The highest BCUT2D eigenvalue weighted by molar-refractivity contribution is 5.54. The van der Waals surface area contributed by atoms with Crippen molar-refractivity contribution in [3.63, 3.8) is 0 Å². The van der Waals surface area contributed by atoms with Crippen molar-refractivity contribution >= 4 is 6.08 Å². The quantitative estimate of drug-likeness (QED) is 0.704. The summed E-state index contributed by atoms with van der Waals surface area (Å²) < 4.78 is 6.28. The Bertz CT molecular complexity index is 478. The zero-order valence-corrected chi connectivity index (χ0v) is 13.7. The van der Waals surface area contributed by atoms with E-state index in [0.29, 0.717) is 23.9 Å². The maximum Gasteiger partial charge on any atom is 0.101 e. The van der Waals surface area contributed by atoms with E-state index in [1.54, 1.807) is 0 Å². The molecule has 1 aromatic rings. The molecule has 1 aliphatic heterocycles. The molecular weight excluding hydrogens is 244 g/mol. The van der Waals surface area contributed by atoms with Crippen LogP contribution in [0.15, 0.2) is 24.0 Å². The SMILES string of the molecule is CCC1O/C(=C/c2cc(C)cc(C)c2)C(C)C(C)C1C. The first-order valence-electron chi connectivity index (χ1n) is 7.89. The summed E-state index contributed by atoms with van der Waals surface area (Å²) >= 11 is 0. The molecule has 1 aliphatic rings. The Balaban J connectivity index is 2.32. The zero-order valence-electron chi connectivity index (χ0n) is 13.7. The number of hydrogen-bond acceptors (Lipinski definition) is 1. The van der Waals surface area contributed by atoms with Gasteiger partial charge in [0.25, 0.3) is 0 Å². The van der Waals surface area contributed by atoms with Crippen molar-refractivity contribution in [2.45, 2.75) is 54.1 Å². The van der Waals surface area contributed by atoms with Crippen LogP contribution >= 0.6 is 0 Å². The molecule has 0 spiro atoms. The Morgan fingerprint density at radius 1 is 1.00 bits per heavy atom. The fourth-order valence-corrected chi connectivity index (χ4v) is 3.32. The number of aryl methyl sites for hydroxylation is 2. The summed E-state index contributed by atoms with van der Waals surface area (Å²) in [6, 6.07) is 6.69. The molecule has 0 amide bonds. The van der Waals surface area contributed by atoms with Gasteiger partial charge < -0.3 is 4.74 Å². The third-order valence-electron chi connectivity index (χ3n) is 4.90. The van der Waals surface area contributed by atoms with Gasteiger partial charge in [-0.15, -0.1) is 0 Å². The summed E-state index contributed by atoms with van der Waals surface area (Å²) in [7, 11) is 0. The van der Waals surface area contributed by atoms with Gasteiger partial charge >= 0.3 is 0 Å². The highest BCUT2D eigenvalue weighted by atomic mass is 16.5. The summed E-state index contributed by atoms with van der Waals surface area (Å²) in [5.74, 6) is 2.96. The van der Waals surface area contributed by atoms with Gasteiger partial charge in [0.2, 0.25) is 0 Å². The van der Waals surface area contributed by atoms with Crippen LogP contribution in [0.5, 0.6) is 0 Å². The highest BCUT2D eigenvalue weighted by Gasteiger charge is 2.35. The molecule has 0 N–H and O–H groups in total. The van der Waals surface area contributed by atoms with Gasteiger partial charge in [-0.1, -0.05) is 57.0 Å². The van der Waals surface area contributed by atoms with E-state index in [9.17, 15) is 0 Å². The van der Waals surface area contributed by atoms with Crippen molar-refractivity contribution in [2.75, 3.05) is 0 Å². The van der Waals surface area contributed by atoms with Crippen molar-refractivity contribution in [1.82, 2.24) is 0 Å². The lowest BCUT2D eigenvalue weighted by molar-refractivity contribution is -0.0240. The van der Waals surface area contributed by atoms with Crippen LogP contribution in [0.4, 0.5) is 0 Å². The molecule has 1 saturated heterocycles. The van der Waals surface area contributed by atoms with Crippen molar-refractivity contribution in [2.24, 2.45) is 17.8 Å². The van der Waals surface area contributed by atoms with E-state index >= 15 is 0 Å². The molecule has 1 fully saturated rings. The first kappa shape index (κ1) is 15.2. The number of hydrogen-bond donors (Lipinski definition) is 0. The fraction of sp³-hybridized carbons (Fsp3) is 0.579. The van der Waals surface area contributed by atoms with Crippen LogP contribution in [0.1, 0.15) is 50.8 Å². The standard InChI is InChI=1S/C19H28O/c1-7-18-15(5)14(4)16(6)19(20-18)11-17-9-12(2)8-13(3)10-17/h8-11,14-16,18H,7H2,1-6H3/b19-11+. The minimum atomic E-state index is 0.360. The lowest BCUT2D eigenvalue weighted by atomic mass is 9.77. The Kier molecular flexibility index (Phi) is 4.57. The summed E-state index contributed by atoms with van der Waals surface area (Å²) in [5, 5.41) is 0. The molecule has 0 radical (unpaired) electrons. The van der Waals surface area contributed by atoms with Crippen LogP contribution in [-0.2, 0) is 4.74 Å². The molecule has 1 nitrogen and oxygen atoms in total. The zero-order chi connectivity index (χ0) is 14.9. The van der Waals surface area contributed by atoms with Gasteiger partial charge in [0.15, 0.2) is 0 Å². The molecule has 0 bridgehead atoms. The van der Waals surface area contributed by atoms with Crippen molar-refractivity contribution in [3.05, 3.63) is 40.6 Å². The van der Waals surface area contributed by atoms with Crippen LogP contribution < -0.4 is 0 Å². The van der Waals surface area contributed by atoms with Crippen molar-refractivity contribution in [1.29, 1.82) is 0 Å². The molecule has 1 aromatic carbocycles. The second kappa shape index (κ2) is 6.03. The molecule has 110 valence electrons. The molecule has 0 saturated carbocycles. The minimum absolute atomic E-state index is 0.360. The Hall–Kier alpha value is -1.24. The third-order valence-corrected chi connectivity index (χ3v) is 4.90. The highest BCUT2D eigenvalue weighted by Crippen LogP contribution is 2.39. The van der Waals surface area contributed by atoms with Gasteiger partial charge in [-0.05, 0) is 43.7 Å². The van der Waals surface area contributed by atoms with E-state index < -0.39 is 0 Å². The van der Waals surface area contributed by atoms with E-state index in [0.717, 1.165) is 12.2 Å². The monoisotopic (exact) mass is 272 g/mol. The Labute approximate surface area is 124 Å². The van der Waals surface area contributed by atoms with E-state index in [1.165, 1.54) is 16.7 Å². The summed E-state index contributed by atoms with van der Waals surface area (Å²) in [4.78, 5) is 0. The van der Waals surface area contributed by atoms with Gasteiger partial charge in [-0.2, -0.15) is 0 Å². The van der Waals surface area contributed by atoms with Crippen LogP contribution in [0.2, 0.25) is 0 Å². The maximum absolute atomic E-state index is 6.28. The Morgan fingerprint density at radius 3 is 2.15 bits per heavy atom. The van der Waals surface area contributed by atoms with E-state index in [1.807, 2.05) is 0 Å². The molecule has 1 heterocycles. The molecule has 4 unspecified atom stereocenters. The molecule has 0 aromatic heterocycles. The summed E-state index contributed by atoms with van der Waals surface area (Å²) in [6.07, 6.45) is 3.69. The van der Waals surface area contributed by atoms with Gasteiger partial charge in [-0.25, -0.2) is 0 Å².